The highest BCUT2D eigenvalue weighted by Crippen LogP contribution is 2.33. The largest absolute Gasteiger partial charge is 0.383 e. The Bertz CT molecular complexity index is 347. The third-order valence-electron chi connectivity index (χ3n) is 2.80. The molecule has 1 fully saturated rings. The SMILES string of the molecule is COCC(N)c1nc(C2(C)CCCO2)no1. The average Bonchev–Trinajstić information content (AvgIpc) is 2.86. The van der Waals surface area contributed by atoms with Crippen LogP contribution in [0.25, 0.3) is 0 Å². The van der Waals surface area contributed by atoms with E-state index in [1.807, 2.05) is 6.92 Å². The van der Waals surface area contributed by atoms with Gasteiger partial charge in [-0.2, -0.15) is 4.98 Å². The summed E-state index contributed by atoms with van der Waals surface area (Å²) in [6.45, 7) is 3.07. The maximum absolute atomic E-state index is 5.80. The first-order chi connectivity index (χ1) is 7.65. The van der Waals surface area contributed by atoms with Crippen LogP contribution in [-0.2, 0) is 15.1 Å². The van der Waals surface area contributed by atoms with Crippen LogP contribution in [0.4, 0.5) is 0 Å². The Hall–Kier alpha value is -0.980. The van der Waals surface area contributed by atoms with Crippen molar-refractivity contribution in [3.63, 3.8) is 0 Å². The van der Waals surface area contributed by atoms with Gasteiger partial charge in [-0.25, -0.2) is 0 Å². The van der Waals surface area contributed by atoms with Gasteiger partial charge in [0.15, 0.2) is 0 Å². The van der Waals surface area contributed by atoms with Crippen LogP contribution in [0.2, 0.25) is 0 Å². The fourth-order valence-electron chi connectivity index (χ4n) is 1.81. The van der Waals surface area contributed by atoms with Gasteiger partial charge >= 0.3 is 0 Å². The summed E-state index contributed by atoms with van der Waals surface area (Å²) >= 11 is 0. The Morgan fingerprint density at radius 1 is 1.62 bits per heavy atom. The summed E-state index contributed by atoms with van der Waals surface area (Å²) in [6.07, 6.45) is 1.93. The van der Waals surface area contributed by atoms with Crippen LogP contribution >= 0.6 is 0 Å². The van der Waals surface area contributed by atoms with Crippen molar-refractivity contribution >= 4 is 0 Å². The summed E-state index contributed by atoms with van der Waals surface area (Å²) in [5.41, 5.74) is 5.38. The van der Waals surface area contributed by atoms with Crippen molar-refractivity contribution < 1.29 is 14.0 Å². The summed E-state index contributed by atoms with van der Waals surface area (Å²) in [6, 6.07) is -0.378. The molecule has 1 saturated heterocycles. The molecule has 1 aliphatic rings. The van der Waals surface area contributed by atoms with Gasteiger partial charge in [-0.05, 0) is 19.8 Å². The summed E-state index contributed by atoms with van der Waals surface area (Å²) < 4.78 is 15.7. The second kappa shape index (κ2) is 4.48. The first-order valence-corrected chi connectivity index (χ1v) is 5.38. The van der Waals surface area contributed by atoms with Crippen molar-refractivity contribution in [1.82, 2.24) is 10.1 Å². The molecule has 1 aliphatic heterocycles. The smallest absolute Gasteiger partial charge is 0.246 e. The van der Waals surface area contributed by atoms with E-state index in [1.54, 1.807) is 7.11 Å². The standard InChI is InChI=1S/C10H17N3O3/c1-10(4-3-5-15-10)9-12-8(16-13-9)7(11)6-14-2/h7H,3-6,11H2,1-2H3. The molecule has 2 rings (SSSR count). The number of methoxy groups -OCH3 is 1. The van der Waals surface area contributed by atoms with Crippen molar-refractivity contribution in [2.75, 3.05) is 20.3 Å². The van der Waals surface area contributed by atoms with Crippen LogP contribution in [0.1, 0.15) is 37.5 Å². The Morgan fingerprint density at radius 2 is 2.44 bits per heavy atom. The van der Waals surface area contributed by atoms with Crippen LogP contribution < -0.4 is 5.73 Å². The van der Waals surface area contributed by atoms with Gasteiger partial charge in [0.25, 0.3) is 0 Å². The van der Waals surface area contributed by atoms with Gasteiger partial charge in [0.05, 0.1) is 6.61 Å². The topological polar surface area (TPSA) is 83.4 Å². The van der Waals surface area contributed by atoms with Gasteiger partial charge in [-0.3, -0.25) is 0 Å². The van der Waals surface area contributed by atoms with Crippen LogP contribution in [0.5, 0.6) is 0 Å². The maximum Gasteiger partial charge on any atom is 0.246 e. The van der Waals surface area contributed by atoms with E-state index in [-0.39, 0.29) is 6.04 Å². The molecule has 6 heteroatoms. The van der Waals surface area contributed by atoms with Gasteiger partial charge in [0, 0.05) is 13.7 Å². The molecule has 2 atom stereocenters. The third kappa shape index (κ3) is 2.09. The van der Waals surface area contributed by atoms with E-state index in [1.165, 1.54) is 0 Å². The monoisotopic (exact) mass is 227 g/mol. The number of hydrogen-bond acceptors (Lipinski definition) is 6. The van der Waals surface area contributed by atoms with Crippen LogP contribution in [0.15, 0.2) is 4.52 Å². The van der Waals surface area contributed by atoms with Crippen molar-refractivity contribution in [2.45, 2.75) is 31.4 Å². The predicted octanol–water partition coefficient (Wildman–Crippen LogP) is 0.741. The second-order valence-electron chi connectivity index (χ2n) is 4.20. The Balaban J connectivity index is 2.12. The number of hydrogen-bond donors (Lipinski definition) is 1. The highest BCUT2D eigenvalue weighted by atomic mass is 16.5. The van der Waals surface area contributed by atoms with Crippen molar-refractivity contribution in [3.05, 3.63) is 11.7 Å². The molecule has 0 bridgehead atoms. The number of rotatable bonds is 4. The molecule has 0 saturated carbocycles. The fraction of sp³-hybridized carbons (Fsp3) is 0.800. The highest BCUT2D eigenvalue weighted by molar-refractivity contribution is 5.03. The molecule has 0 spiro atoms. The molecule has 2 heterocycles. The summed E-state index contributed by atoms with van der Waals surface area (Å²) in [4.78, 5) is 4.27. The predicted molar refractivity (Wildman–Crippen MR) is 55.6 cm³/mol. The number of nitrogens with two attached hydrogens (primary N) is 1. The lowest BCUT2D eigenvalue weighted by atomic mass is 10.0. The summed E-state index contributed by atoms with van der Waals surface area (Å²) in [5, 5.41) is 3.93. The lowest BCUT2D eigenvalue weighted by molar-refractivity contribution is 0.00768. The van der Waals surface area contributed by atoms with E-state index < -0.39 is 5.60 Å². The zero-order chi connectivity index (χ0) is 11.6. The molecule has 0 amide bonds. The van der Waals surface area contributed by atoms with E-state index in [0.29, 0.717) is 18.3 Å². The van der Waals surface area contributed by atoms with E-state index in [4.69, 9.17) is 19.7 Å². The highest BCUT2D eigenvalue weighted by Gasteiger charge is 2.37. The lowest BCUT2D eigenvalue weighted by Gasteiger charge is -2.17. The lowest BCUT2D eigenvalue weighted by Crippen LogP contribution is -2.22. The Morgan fingerprint density at radius 3 is 3.06 bits per heavy atom. The van der Waals surface area contributed by atoms with Crippen LogP contribution in [-0.4, -0.2) is 30.5 Å². The van der Waals surface area contributed by atoms with Gasteiger partial charge < -0.3 is 19.7 Å². The molecule has 2 unspecified atom stereocenters. The third-order valence-corrected chi connectivity index (χ3v) is 2.80. The first-order valence-electron chi connectivity index (χ1n) is 5.38. The van der Waals surface area contributed by atoms with Crippen molar-refractivity contribution in [2.24, 2.45) is 5.73 Å². The molecule has 16 heavy (non-hydrogen) atoms. The quantitative estimate of drug-likeness (QED) is 0.816. The van der Waals surface area contributed by atoms with Gasteiger partial charge in [-0.15, -0.1) is 0 Å². The molecule has 0 radical (unpaired) electrons. The van der Waals surface area contributed by atoms with Crippen molar-refractivity contribution in [1.29, 1.82) is 0 Å². The normalized spacial score (nSPS) is 27.2. The van der Waals surface area contributed by atoms with Crippen LogP contribution in [0, 0.1) is 0 Å². The van der Waals surface area contributed by atoms with Gasteiger partial charge in [-0.1, -0.05) is 5.16 Å². The summed E-state index contributed by atoms with van der Waals surface area (Å²) in [5.74, 6) is 0.972. The molecule has 2 N–H and O–H groups in total. The van der Waals surface area contributed by atoms with E-state index in [9.17, 15) is 0 Å². The zero-order valence-electron chi connectivity index (χ0n) is 9.60. The minimum Gasteiger partial charge on any atom is -0.383 e. The van der Waals surface area contributed by atoms with E-state index >= 15 is 0 Å². The molecule has 90 valence electrons. The number of ether oxygens (including phenoxy) is 2. The van der Waals surface area contributed by atoms with Crippen LogP contribution in [0.3, 0.4) is 0 Å². The molecular formula is C10H17N3O3. The first kappa shape index (κ1) is 11.5. The molecule has 6 nitrogen and oxygen atoms in total. The molecule has 0 aromatic carbocycles. The molecular weight excluding hydrogens is 210 g/mol. The number of nitrogens with zero attached hydrogens (tertiary/aromatic N) is 2. The van der Waals surface area contributed by atoms with Crippen molar-refractivity contribution in [3.8, 4) is 0 Å². The molecule has 0 aliphatic carbocycles. The molecule has 1 aromatic rings. The number of aromatic nitrogens is 2. The maximum atomic E-state index is 5.80. The van der Waals surface area contributed by atoms with E-state index in [0.717, 1.165) is 19.4 Å². The Kier molecular flexibility index (Phi) is 3.22. The minimum atomic E-state index is -0.422. The molecule has 1 aromatic heterocycles. The fourth-order valence-corrected chi connectivity index (χ4v) is 1.81. The summed E-state index contributed by atoms with van der Waals surface area (Å²) in [7, 11) is 1.58. The average molecular weight is 227 g/mol. The Labute approximate surface area is 94.1 Å². The van der Waals surface area contributed by atoms with E-state index in [2.05, 4.69) is 10.1 Å². The second-order valence-corrected chi connectivity index (χ2v) is 4.20. The zero-order valence-corrected chi connectivity index (χ0v) is 9.60. The van der Waals surface area contributed by atoms with Gasteiger partial charge in [0.2, 0.25) is 11.7 Å². The minimum absolute atomic E-state index is 0.360. The van der Waals surface area contributed by atoms with Gasteiger partial charge in [0.1, 0.15) is 11.6 Å².